The van der Waals surface area contributed by atoms with Crippen LogP contribution in [0, 0.1) is 0 Å². The van der Waals surface area contributed by atoms with Crippen molar-refractivity contribution in [1.82, 2.24) is 9.80 Å². The lowest BCUT2D eigenvalue weighted by atomic mass is 10.1. The Morgan fingerprint density at radius 2 is 2.00 bits per heavy atom. The Labute approximate surface area is 152 Å². The maximum atomic E-state index is 12.9. The van der Waals surface area contributed by atoms with Crippen molar-refractivity contribution in [3.05, 3.63) is 35.9 Å². The average molecular weight is 368 g/mol. The maximum absolute atomic E-state index is 12.9. The van der Waals surface area contributed by atoms with Crippen LogP contribution in [0.25, 0.3) is 0 Å². The van der Waals surface area contributed by atoms with Gasteiger partial charge in [0.15, 0.2) is 11.5 Å². The molecule has 1 atom stereocenters. The molecule has 7 heteroatoms. The SMILES string of the molecule is COc1cc(CN2CC(F)(F)C2)ccc1OCC(O)CN1CC=CCC1. The molecule has 1 unspecified atom stereocenters. The van der Waals surface area contributed by atoms with Crippen molar-refractivity contribution in [2.24, 2.45) is 0 Å². The van der Waals surface area contributed by atoms with Crippen LogP contribution in [-0.2, 0) is 6.54 Å². The van der Waals surface area contributed by atoms with Crippen LogP contribution in [0.3, 0.4) is 0 Å². The molecule has 0 spiro atoms. The molecular weight excluding hydrogens is 342 g/mol. The smallest absolute Gasteiger partial charge is 0.272 e. The zero-order chi connectivity index (χ0) is 18.6. The number of ether oxygens (including phenoxy) is 2. The van der Waals surface area contributed by atoms with E-state index in [1.54, 1.807) is 24.1 Å². The highest BCUT2D eigenvalue weighted by atomic mass is 19.3. The van der Waals surface area contributed by atoms with Crippen LogP contribution < -0.4 is 9.47 Å². The van der Waals surface area contributed by atoms with Gasteiger partial charge in [0.2, 0.25) is 0 Å². The number of benzene rings is 1. The first-order chi connectivity index (χ1) is 12.4. The largest absolute Gasteiger partial charge is 0.493 e. The van der Waals surface area contributed by atoms with E-state index in [9.17, 15) is 13.9 Å². The Morgan fingerprint density at radius 1 is 1.19 bits per heavy atom. The summed E-state index contributed by atoms with van der Waals surface area (Å²) >= 11 is 0. The third-order valence-electron chi connectivity index (χ3n) is 4.59. The number of likely N-dealkylation sites (tertiary alicyclic amines) is 1. The lowest BCUT2D eigenvalue weighted by molar-refractivity contribution is -0.133. The number of methoxy groups -OCH3 is 1. The highest BCUT2D eigenvalue weighted by Gasteiger charge is 2.43. The Balaban J connectivity index is 1.50. The summed E-state index contributed by atoms with van der Waals surface area (Å²) in [7, 11) is 1.54. The Morgan fingerprint density at radius 3 is 2.65 bits per heavy atom. The van der Waals surface area contributed by atoms with Gasteiger partial charge in [0, 0.05) is 26.2 Å². The fourth-order valence-electron chi connectivity index (χ4n) is 3.30. The van der Waals surface area contributed by atoms with Crippen molar-refractivity contribution in [3.63, 3.8) is 0 Å². The summed E-state index contributed by atoms with van der Waals surface area (Å²) in [6.45, 7) is 2.59. The Hall–Kier alpha value is -1.70. The Bertz CT molecular complexity index is 631. The topological polar surface area (TPSA) is 45.2 Å². The summed E-state index contributed by atoms with van der Waals surface area (Å²) in [5, 5.41) is 10.2. The van der Waals surface area contributed by atoms with E-state index in [0.717, 1.165) is 25.1 Å². The second-order valence-electron chi connectivity index (χ2n) is 6.97. The first kappa shape index (κ1) is 19.1. The number of β-amino-alcohol motifs (C(OH)–C–C–N with tert-alkyl or cyclic N) is 1. The van der Waals surface area contributed by atoms with Crippen molar-refractivity contribution >= 4 is 0 Å². The van der Waals surface area contributed by atoms with Crippen molar-refractivity contribution < 1.29 is 23.4 Å². The summed E-state index contributed by atoms with van der Waals surface area (Å²) < 4.78 is 36.9. The third kappa shape index (κ3) is 5.16. The lowest BCUT2D eigenvalue weighted by Crippen LogP contribution is -2.55. The van der Waals surface area contributed by atoms with Crippen LogP contribution in [0.5, 0.6) is 11.5 Å². The number of nitrogens with zero attached hydrogens (tertiary/aromatic N) is 2. The maximum Gasteiger partial charge on any atom is 0.272 e. The van der Waals surface area contributed by atoms with Crippen molar-refractivity contribution in [2.75, 3.05) is 46.4 Å². The van der Waals surface area contributed by atoms with Gasteiger partial charge in [-0.15, -0.1) is 0 Å². The number of aliphatic hydroxyl groups excluding tert-OH is 1. The highest BCUT2D eigenvalue weighted by Crippen LogP contribution is 2.32. The average Bonchev–Trinajstić information content (AvgIpc) is 2.59. The lowest BCUT2D eigenvalue weighted by Gasteiger charge is -2.38. The number of rotatable bonds is 8. The molecule has 1 aromatic rings. The van der Waals surface area contributed by atoms with Crippen molar-refractivity contribution in [3.8, 4) is 11.5 Å². The van der Waals surface area contributed by atoms with Crippen molar-refractivity contribution in [1.29, 1.82) is 0 Å². The normalized spacial score (nSPS) is 21.2. The predicted octanol–water partition coefficient (Wildman–Crippen LogP) is 2.15. The van der Waals surface area contributed by atoms with Gasteiger partial charge in [-0.1, -0.05) is 18.2 Å². The minimum Gasteiger partial charge on any atom is -0.493 e. The number of hydrogen-bond acceptors (Lipinski definition) is 5. The van der Waals surface area contributed by atoms with E-state index in [-0.39, 0.29) is 19.7 Å². The molecule has 1 fully saturated rings. The van der Waals surface area contributed by atoms with Crippen LogP contribution in [-0.4, -0.2) is 73.4 Å². The van der Waals surface area contributed by atoms with E-state index in [1.165, 1.54) is 0 Å². The molecule has 2 heterocycles. The summed E-state index contributed by atoms with van der Waals surface area (Å²) in [5.74, 6) is -1.47. The number of hydrogen-bond donors (Lipinski definition) is 1. The van der Waals surface area contributed by atoms with E-state index in [1.807, 2.05) is 6.07 Å². The molecule has 26 heavy (non-hydrogen) atoms. The second-order valence-corrected chi connectivity index (χ2v) is 6.97. The summed E-state index contributed by atoms with van der Waals surface area (Å²) in [4.78, 5) is 3.86. The quantitative estimate of drug-likeness (QED) is 0.713. The van der Waals surface area contributed by atoms with Gasteiger partial charge in [0.25, 0.3) is 5.92 Å². The molecule has 2 aliphatic heterocycles. The molecule has 3 rings (SSSR count). The number of halogens is 2. The number of alkyl halides is 2. The summed E-state index contributed by atoms with van der Waals surface area (Å²) in [6, 6.07) is 5.41. The molecule has 0 bridgehead atoms. The van der Waals surface area contributed by atoms with E-state index in [0.29, 0.717) is 24.6 Å². The molecule has 1 aromatic carbocycles. The molecule has 0 saturated carbocycles. The van der Waals surface area contributed by atoms with Gasteiger partial charge in [-0.2, -0.15) is 0 Å². The van der Waals surface area contributed by atoms with Gasteiger partial charge in [-0.05, 0) is 24.1 Å². The molecule has 144 valence electrons. The zero-order valence-corrected chi connectivity index (χ0v) is 15.0. The summed E-state index contributed by atoms with van der Waals surface area (Å²) in [6.07, 6.45) is 4.67. The van der Waals surface area contributed by atoms with Crippen LogP contribution >= 0.6 is 0 Å². The summed E-state index contributed by atoms with van der Waals surface area (Å²) in [5.41, 5.74) is 0.894. The molecule has 5 nitrogen and oxygen atoms in total. The van der Waals surface area contributed by atoms with Crippen LogP contribution in [0.15, 0.2) is 30.4 Å². The minimum absolute atomic E-state index is 0.175. The van der Waals surface area contributed by atoms with Crippen LogP contribution in [0.1, 0.15) is 12.0 Å². The monoisotopic (exact) mass is 368 g/mol. The molecule has 0 aliphatic carbocycles. The van der Waals surface area contributed by atoms with Gasteiger partial charge in [-0.3, -0.25) is 9.80 Å². The Kier molecular flexibility index (Phi) is 6.11. The molecule has 0 amide bonds. The highest BCUT2D eigenvalue weighted by molar-refractivity contribution is 5.43. The van der Waals surface area contributed by atoms with E-state index in [2.05, 4.69) is 17.1 Å². The van der Waals surface area contributed by atoms with Crippen molar-refractivity contribution in [2.45, 2.75) is 25.0 Å². The molecule has 1 saturated heterocycles. The van der Waals surface area contributed by atoms with E-state index < -0.39 is 12.0 Å². The molecule has 0 radical (unpaired) electrons. The zero-order valence-electron chi connectivity index (χ0n) is 15.0. The van der Waals surface area contributed by atoms with Gasteiger partial charge in [0.05, 0.1) is 20.2 Å². The van der Waals surface area contributed by atoms with Crippen LogP contribution in [0.4, 0.5) is 8.78 Å². The van der Waals surface area contributed by atoms with E-state index >= 15 is 0 Å². The van der Waals surface area contributed by atoms with Crippen LogP contribution in [0.2, 0.25) is 0 Å². The molecular formula is C19H26F2N2O3. The fourth-order valence-corrected chi connectivity index (χ4v) is 3.30. The van der Waals surface area contributed by atoms with Gasteiger partial charge < -0.3 is 14.6 Å². The predicted molar refractivity (Wildman–Crippen MR) is 94.9 cm³/mol. The second kappa shape index (κ2) is 8.33. The first-order valence-electron chi connectivity index (χ1n) is 8.90. The standard InChI is InChI=1S/C19H26F2N2O3/c1-25-18-9-15(10-23-13-19(20,21)14-23)5-6-17(18)26-12-16(24)11-22-7-3-2-4-8-22/h2-3,5-6,9,16,24H,4,7-8,10-14H2,1H3. The third-order valence-corrected chi connectivity index (χ3v) is 4.59. The molecule has 2 aliphatic rings. The van der Waals surface area contributed by atoms with Gasteiger partial charge in [-0.25, -0.2) is 8.78 Å². The van der Waals surface area contributed by atoms with E-state index in [4.69, 9.17) is 9.47 Å². The minimum atomic E-state index is -2.56. The first-order valence-corrected chi connectivity index (χ1v) is 8.90. The van der Waals surface area contributed by atoms with Gasteiger partial charge in [0.1, 0.15) is 12.7 Å². The molecule has 1 N–H and O–H groups in total. The number of aliphatic hydroxyl groups is 1. The molecule has 0 aromatic heterocycles. The fraction of sp³-hybridized carbons (Fsp3) is 0.579. The van der Waals surface area contributed by atoms with Gasteiger partial charge >= 0.3 is 0 Å².